The highest BCUT2D eigenvalue weighted by atomic mass is 127. The Morgan fingerprint density at radius 2 is 1.80 bits per heavy atom. The molecule has 0 aromatic heterocycles. The number of methoxy groups -OCH3 is 1. The number of guanidine groups is 1. The van der Waals surface area contributed by atoms with E-state index < -0.39 is 0 Å². The maximum absolute atomic E-state index is 5.33. The third kappa shape index (κ3) is 8.91. The Morgan fingerprint density at radius 3 is 2.32 bits per heavy atom. The molecule has 1 aliphatic carbocycles. The van der Waals surface area contributed by atoms with Crippen LogP contribution >= 0.6 is 24.0 Å². The fourth-order valence-corrected chi connectivity index (χ4v) is 3.74. The lowest BCUT2D eigenvalue weighted by atomic mass is 9.83. The van der Waals surface area contributed by atoms with E-state index in [1.807, 2.05) is 0 Å². The van der Waals surface area contributed by atoms with Crippen molar-refractivity contribution < 1.29 is 4.74 Å². The smallest absolute Gasteiger partial charge is 0.191 e. The molecule has 1 fully saturated rings. The van der Waals surface area contributed by atoms with Gasteiger partial charge in [-0.25, -0.2) is 0 Å². The number of nitrogens with one attached hydrogen (secondary N) is 2. The summed E-state index contributed by atoms with van der Waals surface area (Å²) in [4.78, 5) is 7.39. The van der Waals surface area contributed by atoms with Crippen molar-refractivity contribution >= 4 is 29.9 Å². The van der Waals surface area contributed by atoms with Gasteiger partial charge in [0.15, 0.2) is 5.96 Å². The van der Waals surface area contributed by atoms with Crippen molar-refractivity contribution in [3.05, 3.63) is 0 Å². The van der Waals surface area contributed by atoms with Crippen molar-refractivity contribution in [2.45, 2.75) is 65.8 Å². The molecule has 5 nitrogen and oxygen atoms in total. The molecule has 1 atom stereocenters. The first kappa shape index (κ1) is 24.9. The molecule has 0 heterocycles. The molecule has 0 aromatic carbocycles. The molecular weight excluding hydrogens is 427 g/mol. The number of ether oxygens (including phenoxy) is 1. The van der Waals surface area contributed by atoms with Crippen LogP contribution in [0.4, 0.5) is 0 Å². The zero-order valence-electron chi connectivity index (χ0n) is 17.1. The summed E-state index contributed by atoms with van der Waals surface area (Å²) in [6.07, 6.45) is 6.37. The Morgan fingerprint density at radius 1 is 1.16 bits per heavy atom. The van der Waals surface area contributed by atoms with E-state index in [0.29, 0.717) is 11.5 Å². The van der Waals surface area contributed by atoms with Gasteiger partial charge in [0.05, 0.1) is 0 Å². The van der Waals surface area contributed by atoms with Crippen LogP contribution in [0.3, 0.4) is 0 Å². The first-order valence-corrected chi connectivity index (χ1v) is 9.86. The Hall–Kier alpha value is -0.0800. The lowest BCUT2D eigenvalue weighted by Gasteiger charge is -2.29. The summed E-state index contributed by atoms with van der Waals surface area (Å²) in [7, 11) is 1.80. The van der Waals surface area contributed by atoms with Gasteiger partial charge in [-0.2, -0.15) is 0 Å². The molecule has 1 aliphatic rings. The molecule has 0 amide bonds. The average Bonchev–Trinajstić information content (AvgIpc) is 3.06. The van der Waals surface area contributed by atoms with Crippen LogP contribution in [0.2, 0.25) is 0 Å². The summed E-state index contributed by atoms with van der Waals surface area (Å²) < 4.78 is 5.33. The number of aliphatic imine (C=N–C) groups is 1. The highest BCUT2D eigenvalue weighted by Crippen LogP contribution is 2.41. The highest BCUT2D eigenvalue weighted by molar-refractivity contribution is 14.0. The summed E-state index contributed by atoms with van der Waals surface area (Å²) in [5, 5.41) is 6.93. The van der Waals surface area contributed by atoms with Gasteiger partial charge >= 0.3 is 0 Å². The molecule has 25 heavy (non-hydrogen) atoms. The van der Waals surface area contributed by atoms with E-state index in [1.165, 1.54) is 25.7 Å². The molecule has 0 aromatic rings. The average molecular weight is 468 g/mol. The summed E-state index contributed by atoms with van der Waals surface area (Å²) in [6.45, 7) is 14.6. The van der Waals surface area contributed by atoms with Crippen LogP contribution in [-0.4, -0.2) is 63.3 Å². The van der Waals surface area contributed by atoms with Crippen LogP contribution < -0.4 is 10.6 Å². The van der Waals surface area contributed by atoms with E-state index in [9.17, 15) is 0 Å². The minimum atomic E-state index is 0. The normalized spacial score (nSPS) is 18.1. The van der Waals surface area contributed by atoms with Gasteiger partial charge < -0.3 is 15.4 Å². The van der Waals surface area contributed by atoms with Crippen LogP contribution in [0.5, 0.6) is 0 Å². The molecular formula is C19H41IN4O. The second-order valence-electron chi connectivity index (χ2n) is 7.10. The van der Waals surface area contributed by atoms with Crippen LogP contribution in [-0.2, 0) is 4.74 Å². The molecule has 0 bridgehead atoms. The Bertz CT molecular complexity index is 355. The Kier molecular flexibility index (Phi) is 14.0. The Balaban J connectivity index is 0.00000576. The van der Waals surface area contributed by atoms with Gasteiger partial charge in [0.25, 0.3) is 0 Å². The van der Waals surface area contributed by atoms with Crippen molar-refractivity contribution in [3.8, 4) is 0 Å². The number of hydrogen-bond donors (Lipinski definition) is 2. The van der Waals surface area contributed by atoms with E-state index in [4.69, 9.17) is 9.73 Å². The highest BCUT2D eigenvalue weighted by Gasteiger charge is 2.33. The summed E-state index contributed by atoms with van der Waals surface area (Å²) >= 11 is 0. The first-order chi connectivity index (χ1) is 11.6. The van der Waals surface area contributed by atoms with E-state index in [-0.39, 0.29) is 24.0 Å². The van der Waals surface area contributed by atoms with Crippen LogP contribution in [0.1, 0.15) is 59.8 Å². The molecule has 6 heteroatoms. The fourth-order valence-electron chi connectivity index (χ4n) is 3.74. The van der Waals surface area contributed by atoms with Crippen molar-refractivity contribution in [2.24, 2.45) is 10.4 Å². The van der Waals surface area contributed by atoms with E-state index in [0.717, 1.165) is 51.7 Å². The number of nitrogens with zero attached hydrogens (tertiary/aromatic N) is 2. The number of hydrogen-bond acceptors (Lipinski definition) is 3. The summed E-state index contributed by atoms with van der Waals surface area (Å²) in [5.41, 5.74) is 0.350. The van der Waals surface area contributed by atoms with E-state index in [2.05, 4.69) is 43.2 Å². The van der Waals surface area contributed by atoms with E-state index in [1.54, 1.807) is 7.11 Å². The van der Waals surface area contributed by atoms with Crippen molar-refractivity contribution in [1.29, 1.82) is 0 Å². The van der Waals surface area contributed by atoms with E-state index >= 15 is 0 Å². The second-order valence-corrected chi connectivity index (χ2v) is 7.10. The maximum atomic E-state index is 5.33. The third-order valence-electron chi connectivity index (χ3n) is 5.42. The minimum absolute atomic E-state index is 0. The standard InChI is InChI=1S/C19H40N4O.HI/c1-6-20-18(21-15-17(4)23(7-2)8-3)22-16-19(13-14-24-5)11-9-10-12-19;/h17H,6-16H2,1-5H3,(H2,20,21,22);1H. The monoisotopic (exact) mass is 468 g/mol. The Labute approximate surface area is 172 Å². The SMILES string of the molecule is CCNC(=NCC1(CCOC)CCCC1)NCC(C)N(CC)CC.I. The van der Waals surface area contributed by atoms with Crippen LogP contribution in [0.25, 0.3) is 0 Å². The van der Waals surface area contributed by atoms with Crippen molar-refractivity contribution in [1.82, 2.24) is 15.5 Å². The number of rotatable bonds is 11. The minimum Gasteiger partial charge on any atom is -0.385 e. The molecule has 2 N–H and O–H groups in total. The first-order valence-electron chi connectivity index (χ1n) is 9.86. The topological polar surface area (TPSA) is 48.9 Å². The molecule has 0 spiro atoms. The van der Waals surface area contributed by atoms with Gasteiger partial charge in [-0.15, -0.1) is 24.0 Å². The third-order valence-corrected chi connectivity index (χ3v) is 5.42. The number of likely N-dealkylation sites (N-methyl/N-ethyl adjacent to an activating group) is 1. The molecule has 1 saturated carbocycles. The van der Waals surface area contributed by atoms with Crippen molar-refractivity contribution in [3.63, 3.8) is 0 Å². The maximum Gasteiger partial charge on any atom is 0.191 e. The largest absolute Gasteiger partial charge is 0.385 e. The van der Waals surface area contributed by atoms with Gasteiger partial charge in [-0.1, -0.05) is 26.7 Å². The molecule has 0 saturated heterocycles. The molecule has 150 valence electrons. The second kappa shape index (κ2) is 14.0. The molecule has 0 radical (unpaired) electrons. The van der Waals surface area contributed by atoms with Gasteiger partial charge in [0.2, 0.25) is 0 Å². The lowest BCUT2D eigenvalue weighted by molar-refractivity contribution is 0.141. The predicted molar refractivity (Wildman–Crippen MR) is 119 cm³/mol. The summed E-state index contributed by atoms with van der Waals surface area (Å²) in [5.74, 6) is 0.959. The summed E-state index contributed by atoms with van der Waals surface area (Å²) in [6, 6.07) is 0.512. The van der Waals surface area contributed by atoms with Gasteiger partial charge in [0.1, 0.15) is 0 Å². The van der Waals surface area contributed by atoms with Crippen LogP contribution in [0, 0.1) is 5.41 Å². The zero-order chi connectivity index (χ0) is 17.8. The molecule has 0 aliphatic heterocycles. The quantitative estimate of drug-likeness (QED) is 0.277. The lowest BCUT2D eigenvalue weighted by Crippen LogP contribution is -2.46. The van der Waals surface area contributed by atoms with Gasteiger partial charge in [-0.3, -0.25) is 9.89 Å². The number of halogens is 1. The van der Waals surface area contributed by atoms with Crippen LogP contribution in [0.15, 0.2) is 4.99 Å². The zero-order valence-corrected chi connectivity index (χ0v) is 19.4. The fraction of sp³-hybridized carbons (Fsp3) is 0.947. The molecule has 1 unspecified atom stereocenters. The van der Waals surface area contributed by atoms with Gasteiger partial charge in [0, 0.05) is 39.4 Å². The van der Waals surface area contributed by atoms with Gasteiger partial charge in [-0.05, 0) is 51.6 Å². The molecule has 1 rings (SSSR count). The van der Waals surface area contributed by atoms with Crippen molar-refractivity contribution in [2.75, 3.05) is 46.4 Å². The predicted octanol–water partition coefficient (Wildman–Crippen LogP) is 3.49.